The molecule has 2 aromatic rings. The Bertz CT molecular complexity index is 776. The van der Waals surface area contributed by atoms with E-state index in [9.17, 15) is 9.18 Å². The van der Waals surface area contributed by atoms with Crippen LogP contribution in [0.1, 0.15) is 44.7 Å². The largest absolute Gasteiger partial charge is 0.460 e. The molecule has 1 saturated carbocycles. The van der Waals surface area contributed by atoms with Crippen molar-refractivity contribution in [2.45, 2.75) is 52.2 Å². The minimum atomic E-state index is -0.563. The summed E-state index contributed by atoms with van der Waals surface area (Å²) in [5.41, 5.74) is 1.03. The number of esters is 1. The van der Waals surface area contributed by atoms with Crippen LogP contribution in [0.2, 0.25) is 0 Å². The van der Waals surface area contributed by atoms with Gasteiger partial charge in [-0.1, -0.05) is 42.5 Å². The smallest absolute Gasteiger partial charge is 0.312 e. The molecular weight excluding hydrogens is 329 g/mol. The molecule has 0 bridgehead atoms. The fourth-order valence-corrected chi connectivity index (χ4v) is 3.00. The first-order valence-corrected chi connectivity index (χ1v) is 9.08. The SMILES string of the molecule is CC(C)(C)OC(=O)C1(Cc2cccc(NCc3ccccc3)c2F)CC1. The molecule has 3 nitrogen and oxygen atoms in total. The number of anilines is 1. The van der Waals surface area contributed by atoms with Crippen LogP contribution in [0, 0.1) is 11.2 Å². The molecule has 0 saturated heterocycles. The van der Waals surface area contributed by atoms with Crippen molar-refractivity contribution >= 4 is 11.7 Å². The minimum Gasteiger partial charge on any atom is -0.460 e. The van der Waals surface area contributed by atoms with Crippen molar-refractivity contribution in [1.29, 1.82) is 0 Å². The number of halogens is 1. The maximum absolute atomic E-state index is 14.9. The highest BCUT2D eigenvalue weighted by molar-refractivity contribution is 5.80. The van der Waals surface area contributed by atoms with E-state index in [-0.39, 0.29) is 11.8 Å². The van der Waals surface area contributed by atoms with Crippen molar-refractivity contribution < 1.29 is 13.9 Å². The third-order valence-electron chi connectivity index (χ3n) is 4.62. The second kappa shape index (κ2) is 7.10. The standard InChI is InChI=1S/C22H26FNO2/c1-21(2,3)26-20(25)22(12-13-22)14-17-10-7-11-18(19(17)23)24-15-16-8-5-4-6-9-16/h4-11,24H,12-15H2,1-3H3. The lowest BCUT2D eigenvalue weighted by atomic mass is 9.95. The van der Waals surface area contributed by atoms with Crippen LogP contribution in [-0.4, -0.2) is 11.6 Å². The summed E-state index contributed by atoms with van der Waals surface area (Å²) in [7, 11) is 0. The van der Waals surface area contributed by atoms with Gasteiger partial charge in [-0.2, -0.15) is 0 Å². The summed E-state index contributed by atoms with van der Waals surface area (Å²) in [6.07, 6.45) is 1.89. The van der Waals surface area contributed by atoms with Crippen molar-refractivity contribution in [2.75, 3.05) is 5.32 Å². The lowest BCUT2D eigenvalue weighted by Crippen LogP contribution is -2.31. The van der Waals surface area contributed by atoms with Crippen LogP contribution in [-0.2, 0) is 22.5 Å². The maximum atomic E-state index is 14.9. The van der Waals surface area contributed by atoms with Gasteiger partial charge in [-0.3, -0.25) is 4.79 Å². The van der Waals surface area contributed by atoms with Gasteiger partial charge in [0.05, 0.1) is 11.1 Å². The van der Waals surface area contributed by atoms with Gasteiger partial charge in [0, 0.05) is 6.54 Å². The number of nitrogens with one attached hydrogen (secondary N) is 1. The van der Waals surface area contributed by atoms with Gasteiger partial charge < -0.3 is 10.1 Å². The summed E-state index contributed by atoms with van der Waals surface area (Å²) in [5.74, 6) is -0.495. The number of ether oxygens (including phenoxy) is 1. The summed E-state index contributed by atoms with van der Waals surface area (Å²) >= 11 is 0. The third-order valence-corrected chi connectivity index (χ3v) is 4.62. The molecular formula is C22H26FNO2. The maximum Gasteiger partial charge on any atom is 0.312 e. The zero-order chi connectivity index (χ0) is 18.8. The van der Waals surface area contributed by atoms with Crippen LogP contribution in [0.4, 0.5) is 10.1 Å². The van der Waals surface area contributed by atoms with E-state index in [1.165, 1.54) is 0 Å². The summed E-state index contributed by atoms with van der Waals surface area (Å²) in [4.78, 5) is 12.5. The van der Waals surface area contributed by atoms with Crippen molar-refractivity contribution in [3.8, 4) is 0 Å². The highest BCUT2D eigenvalue weighted by Crippen LogP contribution is 2.50. The Balaban J connectivity index is 1.70. The molecule has 1 aliphatic carbocycles. The first-order valence-electron chi connectivity index (χ1n) is 9.08. The Morgan fingerprint density at radius 3 is 2.42 bits per heavy atom. The van der Waals surface area contributed by atoms with E-state index >= 15 is 0 Å². The summed E-state index contributed by atoms with van der Waals surface area (Å²) in [6.45, 7) is 6.12. The van der Waals surface area contributed by atoms with Gasteiger partial charge in [0.1, 0.15) is 11.4 Å². The molecule has 0 aromatic heterocycles. The van der Waals surface area contributed by atoms with Gasteiger partial charge in [0.2, 0.25) is 0 Å². The van der Waals surface area contributed by atoms with Crippen LogP contribution in [0.3, 0.4) is 0 Å². The first kappa shape index (κ1) is 18.4. The van der Waals surface area contributed by atoms with Crippen molar-refractivity contribution in [3.05, 3.63) is 65.5 Å². The number of rotatable bonds is 6. The molecule has 26 heavy (non-hydrogen) atoms. The minimum absolute atomic E-state index is 0.216. The molecule has 1 aliphatic rings. The summed E-state index contributed by atoms with van der Waals surface area (Å²) in [6, 6.07) is 15.2. The number of hydrogen-bond donors (Lipinski definition) is 1. The average molecular weight is 355 g/mol. The molecule has 0 atom stereocenters. The van der Waals surface area contributed by atoms with Gasteiger partial charge >= 0.3 is 5.97 Å². The van der Waals surface area contributed by atoms with E-state index in [0.29, 0.717) is 24.2 Å². The molecule has 1 N–H and O–H groups in total. The number of benzene rings is 2. The van der Waals surface area contributed by atoms with Gasteiger partial charge in [-0.15, -0.1) is 0 Å². The van der Waals surface area contributed by atoms with Crippen molar-refractivity contribution in [1.82, 2.24) is 0 Å². The summed E-state index contributed by atoms with van der Waals surface area (Å²) in [5, 5.41) is 3.15. The molecule has 0 aliphatic heterocycles. The predicted octanol–water partition coefficient (Wildman–Crippen LogP) is 5.10. The summed E-state index contributed by atoms with van der Waals surface area (Å²) < 4.78 is 20.5. The van der Waals surface area contributed by atoms with E-state index in [2.05, 4.69) is 5.32 Å². The van der Waals surface area contributed by atoms with Crippen LogP contribution in [0.25, 0.3) is 0 Å². The Kier molecular flexibility index (Phi) is 5.03. The van der Waals surface area contributed by atoms with Crippen LogP contribution >= 0.6 is 0 Å². The molecule has 0 unspecified atom stereocenters. The third kappa shape index (κ3) is 4.43. The topological polar surface area (TPSA) is 38.3 Å². The number of carbonyl (C=O) groups excluding carboxylic acids is 1. The molecule has 0 heterocycles. The fourth-order valence-electron chi connectivity index (χ4n) is 3.00. The van der Waals surface area contributed by atoms with Gasteiger partial charge in [-0.25, -0.2) is 4.39 Å². The molecule has 0 spiro atoms. The lowest BCUT2D eigenvalue weighted by Gasteiger charge is -2.24. The molecule has 0 amide bonds. The van der Waals surface area contributed by atoms with E-state index < -0.39 is 11.0 Å². The van der Waals surface area contributed by atoms with E-state index in [4.69, 9.17) is 4.74 Å². The zero-order valence-electron chi connectivity index (χ0n) is 15.6. The monoisotopic (exact) mass is 355 g/mol. The molecule has 2 aromatic carbocycles. The average Bonchev–Trinajstić information content (AvgIpc) is 3.36. The van der Waals surface area contributed by atoms with E-state index in [1.807, 2.05) is 57.2 Å². The highest BCUT2D eigenvalue weighted by Gasteiger charge is 2.52. The predicted molar refractivity (Wildman–Crippen MR) is 101 cm³/mol. The quantitative estimate of drug-likeness (QED) is 0.733. The van der Waals surface area contributed by atoms with Crippen LogP contribution < -0.4 is 5.32 Å². The lowest BCUT2D eigenvalue weighted by molar-refractivity contribution is -0.161. The second-order valence-electron chi connectivity index (χ2n) is 8.08. The first-order chi connectivity index (χ1) is 12.3. The van der Waals surface area contributed by atoms with Gasteiger partial charge in [-0.05, 0) is 57.2 Å². The van der Waals surface area contributed by atoms with E-state index in [0.717, 1.165) is 18.4 Å². The fraction of sp³-hybridized carbons (Fsp3) is 0.409. The Hall–Kier alpha value is -2.36. The zero-order valence-corrected chi connectivity index (χ0v) is 15.6. The highest BCUT2D eigenvalue weighted by atomic mass is 19.1. The Labute approximate surface area is 154 Å². The van der Waals surface area contributed by atoms with Crippen molar-refractivity contribution in [2.24, 2.45) is 5.41 Å². The molecule has 4 heteroatoms. The second-order valence-corrected chi connectivity index (χ2v) is 8.08. The number of carbonyl (C=O) groups is 1. The molecule has 138 valence electrons. The molecule has 3 rings (SSSR count). The van der Waals surface area contributed by atoms with Crippen molar-refractivity contribution in [3.63, 3.8) is 0 Å². The van der Waals surface area contributed by atoms with E-state index in [1.54, 1.807) is 12.1 Å². The Morgan fingerprint density at radius 1 is 1.12 bits per heavy atom. The van der Waals surface area contributed by atoms with Crippen LogP contribution in [0.5, 0.6) is 0 Å². The van der Waals surface area contributed by atoms with Gasteiger partial charge in [0.25, 0.3) is 0 Å². The molecule has 0 radical (unpaired) electrons. The molecule has 1 fully saturated rings. The van der Waals surface area contributed by atoms with Crippen LogP contribution in [0.15, 0.2) is 48.5 Å². The Morgan fingerprint density at radius 2 is 1.81 bits per heavy atom. The van der Waals surface area contributed by atoms with Gasteiger partial charge in [0.15, 0.2) is 0 Å². The number of hydrogen-bond acceptors (Lipinski definition) is 3. The normalized spacial score (nSPS) is 15.4.